The van der Waals surface area contributed by atoms with E-state index in [-0.39, 0.29) is 4.82 Å². The van der Waals surface area contributed by atoms with Gasteiger partial charge in [0.05, 0.1) is 0 Å². The number of amides is 1. The van der Waals surface area contributed by atoms with Crippen molar-refractivity contribution in [2.75, 3.05) is 5.32 Å². The SMILES string of the molecule is Cc1ccc(NC(=O)Br)cc1Cl. The summed E-state index contributed by atoms with van der Waals surface area (Å²) in [6.07, 6.45) is 0. The third-order valence-electron chi connectivity index (χ3n) is 1.41. The van der Waals surface area contributed by atoms with Crippen LogP contribution in [0, 0.1) is 6.92 Å². The van der Waals surface area contributed by atoms with Gasteiger partial charge in [-0.1, -0.05) is 17.7 Å². The number of carbonyl (C=O) groups is 1. The molecule has 2 nitrogen and oxygen atoms in total. The minimum Gasteiger partial charge on any atom is -0.316 e. The smallest absolute Gasteiger partial charge is 0.291 e. The lowest BCUT2D eigenvalue weighted by molar-refractivity contribution is 0.270. The van der Waals surface area contributed by atoms with E-state index in [0.717, 1.165) is 5.56 Å². The highest BCUT2D eigenvalue weighted by Crippen LogP contribution is 2.20. The first-order valence-electron chi connectivity index (χ1n) is 3.32. The van der Waals surface area contributed by atoms with Crippen LogP contribution in [0.2, 0.25) is 5.02 Å². The summed E-state index contributed by atoms with van der Waals surface area (Å²) in [5.41, 5.74) is 1.68. The second-order valence-corrected chi connectivity index (χ2v) is 3.49. The van der Waals surface area contributed by atoms with Crippen LogP contribution < -0.4 is 5.32 Å². The first-order chi connectivity index (χ1) is 5.59. The molecule has 64 valence electrons. The summed E-state index contributed by atoms with van der Waals surface area (Å²) in [5, 5.41) is 3.21. The largest absolute Gasteiger partial charge is 0.316 e. The maximum atomic E-state index is 10.6. The van der Waals surface area contributed by atoms with Crippen LogP contribution in [0.1, 0.15) is 5.56 Å². The Morgan fingerprint density at radius 3 is 2.75 bits per heavy atom. The Morgan fingerprint density at radius 2 is 2.25 bits per heavy atom. The molecular formula is C8H7BrClNO. The van der Waals surface area contributed by atoms with E-state index in [1.165, 1.54) is 0 Å². The van der Waals surface area contributed by atoms with Crippen molar-refractivity contribution in [3.63, 3.8) is 0 Å². The van der Waals surface area contributed by atoms with Gasteiger partial charge in [0.25, 0.3) is 4.82 Å². The molecule has 0 radical (unpaired) electrons. The van der Waals surface area contributed by atoms with Gasteiger partial charge >= 0.3 is 0 Å². The number of halogens is 2. The highest BCUT2D eigenvalue weighted by Gasteiger charge is 1.99. The van der Waals surface area contributed by atoms with Crippen molar-refractivity contribution in [1.29, 1.82) is 0 Å². The van der Waals surface area contributed by atoms with Crippen molar-refractivity contribution in [3.05, 3.63) is 28.8 Å². The van der Waals surface area contributed by atoms with E-state index in [4.69, 9.17) is 11.6 Å². The van der Waals surface area contributed by atoms with E-state index >= 15 is 0 Å². The Kier molecular flexibility index (Phi) is 3.12. The van der Waals surface area contributed by atoms with Crippen LogP contribution in [-0.4, -0.2) is 4.82 Å². The number of aryl methyl sites for hydroxylation is 1. The van der Waals surface area contributed by atoms with Crippen LogP contribution in [0.25, 0.3) is 0 Å². The molecule has 0 aromatic heterocycles. The number of carbonyl (C=O) groups excluding carboxylic acids is 1. The fourth-order valence-corrected chi connectivity index (χ4v) is 1.19. The molecule has 0 atom stereocenters. The molecule has 0 aliphatic rings. The van der Waals surface area contributed by atoms with Crippen molar-refractivity contribution in [2.24, 2.45) is 0 Å². The van der Waals surface area contributed by atoms with Gasteiger partial charge in [-0.15, -0.1) is 0 Å². The summed E-state index contributed by atoms with van der Waals surface area (Å²) in [7, 11) is 0. The van der Waals surface area contributed by atoms with Crippen LogP contribution in [0.4, 0.5) is 10.5 Å². The fraction of sp³-hybridized carbons (Fsp3) is 0.125. The molecule has 1 amide bonds. The molecule has 1 rings (SSSR count). The van der Waals surface area contributed by atoms with Gasteiger partial charge in [-0.25, -0.2) is 0 Å². The second kappa shape index (κ2) is 3.92. The van der Waals surface area contributed by atoms with E-state index < -0.39 is 0 Å². The van der Waals surface area contributed by atoms with Crippen LogP contribution in [0.15, 0.2) is 18.2 Å². The average molecular weight is 249 g/mol. The zero-order chi connectivity index (χ0) is 9.14. The first kappa shape index (κ1) is 9.55. The zero-order valence-corrected chi connectivity index (χ0v) is 8.74. The van der Waals surface area contributed by atoms with Gasteiger partial charge in [-0.2, -0.15) is 0 Å². The third-order valence-corrected chi connectivity index (χ3v) is 2.02. The topological polar surface area (TPSA) is 29.1 Å². The summed E-state index contributed by atoms with van der Waals surface area (Å²) >= 11 is 8.59. The summed E-state index contributed by atoms with van der Waals surface area (Å²) in [6.45, 7) is 1.90. The monoisotopic (exact) mass is 247 g/mol. The lowest BCUT2D eigenvalue weighted by atomic mass is 10.2. The maximum Gasteiger partial charge on any atom is 0.291 e. The molecule has 0 spiro atoms. The van der Waals surface area contributed by atoms with Gasteiger partial charge in [-0.3, -0.25) is 4.79 Å². The van der Waals surface area contributed by atoms with Crippen LogP contribution in [0.3, 0.4) is 0 Å². The summed E-state index contributed by atoms with van der Waals surface area (Å²) in [6, 6.07) is 5.34. The van der Waals surface area contributed by atoms with Gasteiger partial charge in [0.1, 0.15) is 0 Å². The number of benzene rings is 1. The minimum atomic E-state index is -0.276. The van der Waals surface area contributed by atoms with Crippen LogP contribution >= 0.6 is 27.5 Å². The molecular weight excluding hydrogens is 241 g/mol. The molecule has 0 saturated carbocycles. The standard InChI is InChI=1S/C8H7BrClNO/c1-5-2-3-6(4-7(5)10)11-8(9)12/h2-4H,1H3,(H,11,12). The first-order valence-corrected chi connectivity index (χ1v) is 4.49. The number of hydrogen-bond acceptors (Lipinski definition) is 1. The van der Waals surface area contributed by atoms with E-state index in [9.17, 15) is 4.79 Å². The van der Waals surface area contributed by atoms with Crippen LogP contribution in [0.5, 0.6) is 0 Å². The lowest BCUT2D eigenvalue weighted by Gasteiger charge is -2.02. The van der Waals surface area contributed by atoms with Crippen molar-refractivity contribution >= 4 is 38.0 Å². The van der Waals surface area contributed by atoms with E-state index in [1.54, 1.807) is 12.1 Å². The highest BCUT2D eigenvalue weighted by atomic mass is 79.9. The molecule has 1 aromatic carbocycles. The van der Waals surface area contributed by atoms with Gasteiger partial charge in [0.15, 0.2) is 0 Å². The van der Waals surface area contributed by atoms with E-state index in [1.807, 2.05) is 13.0 Å². The molecule has 12 heavy (non-hydrogen) atoms. The fourth-order valence-electron chi connectivity index (χ4n) is 0.784. The predicted octanol–water partition coefficient (Wildman–Crippen LogP) is 3.58. The minimum absolute atomic E-state index is 0.276. The predicted molar refractivity (Wildman–Crippen MR) is 54.1 cm³/mol. The molecule has 0 aliphatic heterocycles. The molecule has 0 fully saturated rings. The molecule has 0 aliphatic carbocycles. The van der Waals surface area contributed by atoms with Gasteiger partial charge in [0, 0.05) is 26.6 Å². The Hall–Kier alpha value is -0.540. The molecule has 4 heteroatoms. The molecule has 0 saturated heterocycles. The molecule has 1 N–H and O–H groups in total. The quantitative estimate of drug-likeness (QED) is 0.597. The summed E-state index contributed by atoms with van der Waals surface area (Å²) in [4.78, 5) is 10.3. The van der Waals surface area contributed by atoms with Crippen molar-refractivity contribution in [2.45, 2.75) is 6.92 Å². The van der Waals surface area contributed by atoms with Gasteiger partial charge < -0.3 is 5.32 Å². The lowest BCUT2D eigenvalue weighted by Crippen LogP contribution is -1.99. The van der Waals surface area contributed by atoms with E-state index in [2.05, 4.69) is 21.2 Å². The highest BCUT2D eigenvalue weighted by molar-refractivity contribution is 9.18. The van der Waals surface area contributed by atoms with Crippen LogP contribution in [-0.2, 0) is 0 Å². The van der Waals surface area contributed by atoms with Crippen molar-refractivity contribution in [3.8, 4) is 0 Å². The Labute approximate surface area is 84.0 Å². The third kappa shape index (κ3) is 2.50. The number of anilines is 1. The summed E-state index contributed by atoms with van der Waals surface area (Å²) in [5.74, 6) is 0. The summed E-state index contributed by atoms with van der Waals surface area (Å²) < 4.78 is 0. The Balaban J connectivity index is 2.89. The molecule has 0 heterocycles. The van der Waals surface area contributed by atoms with Gasteiger partial charge in [0.2, 0.25) is 0 Å². The molecule has 0 unspecified atom stereocenters. The Bertz CT molecular complexity index is 314. The van der Waals surface area contributed by atoms with Crippen molar-refractivity contribution in [1.82, 2.24) is 0 Å². The van der Waals surface area contributed by atoms with Gasteiger partial charge in [-0.05, 0) is 24.6 Å². The Morgan fingerprint density at radius 1 is 1.58 bits per heavy atom. The average Bonchev–Trinajstić information content (AvgIpc) is 1.96. The second-order valence-electron chi connectivity index (χ2n) is 2.36. The van der Waals surface area contributed by atoms with E-state index in [0.29, 0.717) is 10.7 Å². The number of nitrogens with one attached hydrogen (secondary N) is 1. The number of hydrogen-bond donors (Lipinski definition) is 1. The maximum absolute atomic E-state index is 10.6. The molecule has 1 aromatic rings. The number of rotatable bonds is 1. The zero-order valence-electron chi connectivity index (χ0n) is 6.40. The normalized spacial score (nSPS) is 9.58. The van der Waals surface area contributed by atoms with Crippen molar-refractivity contribution < 1.29 is 4.79 Å². The molecule has 0 bridgehead atoms.